The molecule has 1 unspecified atom stereocenters. The molecule has 0 spiro atoms. The lowest BCUT2D eigenvalue weighted by molar-refractivity contribution is 0.0932. The zero-order valence-electron chi connectivity index (χ0n) is 13.7. The number of amides is 1. The van der Waals surface area contributed by atoms with E-state index in [-0.39, 0.29) is 11.9 Å². The Bertz CT molecular complexity index is 731. The number of imidazole rings is 1. The standard InChI is InChI=1S/C18H21N3O3/c1-23-15-4-5-16(17(7-15)24-10-12-2-3-12)18(22)20-13-6-14-8-19-11-21(14)9-13/h4-5,7-8,11-13H,2-3,6,9-10H2,1H3,(H,20,22). The first-order valence-corrected chi connectivity index (χ1v) is 8.33. The van der Waals surface area contributed by atoms with Crippen LogP contribution in [0.25, 0.3) is 0 Å². The average Bonchev–Trinajstić information content (AvgIpc) is 3.19. The Kier molecular flexibility index (Phi) is 3.88. The first-order valence-electron chi connectivity index (χ1n) is 8.33. The molecule has 2 heterocycles. The van der Waals surface area contributed by atoms with E-state index in [2.05, 4.69) is 14.9 Å². The number of carbonyl (C=O) groups excluding carboxylic acids is 1. The summed E-state index contributed by atoms with van der Waals surface area (Å²) >= 11 is 0. The molecule has 1 N–H and O–H groups in total. The number of carbonyl (C=O) groups is 1. The molecule has 1 atom stereocenters. The molecule has 24 heavy (non-hydrogen) atoms. The summed E-state index contributed by atoms with van der Waals surface area (Å²) in [5.41, 5.74) is 1.71. The summed E-state index contributed by atoms with van der Waals surface area (Å²) in [4.78, 5) is 16.8. The fraction of sp³-hybridized carbons (Fsp3) is 0.444. The van der Waals surface area contributed by atoms with Gasteiger partial charge >= 0.3 is 0 Å². The number of hydrogen-bond acceptors (Lipinski definition) is 4. The third-order valence-corrected chi connectivity index (χ3v) is 4.61. The predicted molar refractivity (Wildman–Crippen MR) is 88.4 cm³/mol. The number of hydrogen-bond donors (Lipinski definition) is 1. The number of aromatic nitrogens is 2. The Morgan fingerprint density at radius 3 is 3.04 bits per heavy atom. The van der Waals surface area contributed by atoms with Crippen LogP contribution >= 0.6 is 0 Å². The maximum absolute atomic E-state index is 12.7. The summed E-state index contributed by atoms with van der Waals surface area (Å²) in [5, 5.41) is 3.10. The Morgan fingerprint density at radius 2 is 2.29 bits per heavy atom. The second kappa shape index (κ2) is 6.19. The van der Waals surface area contributed by atoms with Gasteiger partial charge in [0.05, 0.1) is 31.6 Å². The third-order valence-electron chi connectivity index (χ3n) is 4.61. The molecule has 2 aromatic rings. The van der Waals surface area contributed by atoms with Gasteiger partial charge in [-0.1, -0.05) is 0 Å². The van der Waals surface area contributed by atoms with Crippen LogP contribution in [-0.2, 0) is 13.0 Å². The molecular weight excluding hydrogens is 306 g/mol. The topological polar surface area (TPSA) is 65.4 Å². The highest BCUT2D eigenvalue weighted by molar-refractivity contribution is 5.97. The molecule has 1 aromatic carbocycles. The van der Waals surface area contributed by atoms with E-state index in [0.29, 0.717) is 29.6 Å². The summed E-state index contributed by atoms with van der Waals surface area (Å²) in [6.45, 7) is 1.42. The molecule has 0 radical (unpaired) electrons. The van der Waals surface area contributed by atoms with Crippen LogP contribution in [-0.4, -0.2) is 35.2 Å². The first kappa shape index (κ1) is 15.1. The lowest BCUT2D eigenvalue weighted by Crippen LogP contribution is -2.36. The molecule has 0 saturated heterocycles. The second-order valence-corrected chi connectivity index (χ2v) is 6.53. The van der Waals surface area contributed by atoms with Gasteiger partial charge in [0.1, 0.15) is 11.5 Å². The van der Waals surface area contributed by atoms with Gasteiger partial charge < -0.3 is 19.4 Å². The Balaban J connectivity index is 1.47. The van der Waals surface area contributed by atoms with E-state index in [9.17, 15) is 4.79 Å². The number of benzene rings is 1. The highest BCUT2D eigenvalue weighted by atomic mass is 16.5. The van der Waals surface area contributed by atoms with Crippen molar-refractivity contribution in [2.75, 3.05) is 13.7 Å². The van der Waals surface area contributed by atoms with Crippen molar-refractivity contribution < 1.29 is 14.3 Å². The molecule has 126 valence electrons. The van der Waals surface area contributed by atoms with Crippen LogP contribution in [0.15, 0.2) is 30.7 Å². The smallest absolute Gasteiger partial charge is 0.255 e. The van der Waals surface area contributed by atoms with Gasteiger partial charge in [-0.3, -0.25) is 4.79 Å². The SMILES string of the molecule is COc1ccc(C(=O)NC2Cc3cncn3C2)c(OCC2CC2)c1. The Morgan fingerprint density at radius 1 is 1.42 bits per heavy atom. The minimum atomic E-state index is -0.104. The van der Waals surface area contributed by atoms with Crippen LogP contribution in [0.3, 0.4) is 0 Å². The molecule has 2 aliphatic rings. The van der Waals surface area contributed by atoms with E-state index in [4.69, 9.17) is 9.47 Å². The van der Waals surface area contributed by atoms with E-state index >= 15 is 0 Å². The summed E-state index contributed by atoms with van der Waals surface area (Å²) in [6, 6.07) is 5.45. The van der Waals surface area contributed by atoms with Crippen molar-refractivity contribution in [2.24, 2.45) is 5.92 Å². The Labute approximate surface area is 140 Å². The summed E-state index contributed by atoms with van der Waals surface area (Å²) < 4.78 is 13.2. The van der Waals surface area contributed by atoms with Crippen molar-refractivity contribution >= 4 is 5.91 Å². The average molecular weight is 327 g/mol. The number of fused-ring (bicyclic) bond motifs is 1. The van der Waals surface area contributed by atoms with Crippen LogP contribution < -0.4 is 14.8 Å². The maximum atomic E-state index is 12.7. The molecule has 1 saturated carbocycles. The van der Waals surface area contributed by atoms with E-state index < -0.39 is 0 Å². The van der Waals surface area contributed by atoms with Gasteiger partial charge in [-0.25, -0.2) is 4.98 Å². The highest BCUT2D eigenvalue weighted by Gasteiger charge is 2.26. The number of nitrogens with one attached hydrogen (secondary N) is 1. The number of methoxy groups -OCH3 is 1. The van der Waals surface area contributed by atoms with Gasteiger partial charge in [0, 0.05) is 30.9 Å². The van der Waals surface area contributed by atoms with Crippen LogP contribution in [0.1, 0.15) is 28.9 Å². The molecule has 0 bridgehead atoms. The minimum Gasteiger partial charge on any atom is -0.497 e. The fourth-order valence-corrected chi connectivity index (χ4v) is 3.03. The fourth-order valence-electron chi connectivity index (χ4n) is 3.03. The molecule has 6 nitrogen and oxygen atoms in total. The van der Waals surface area contributed by atoms with Crippen LogP contribution in [0.5, 0.6) is 11.5 Å². The van der Waals surface area contributed by atoms with Crippen molar-refractivity contribution in [3.8, 4) is 11.5 Å². The van der Waals surface area contributed by atoms with Crippen LogP contribution in [0.2, 0.25) is 0 Å². The zero-order valence-corrected chi connectivity index (χ0v) is 13.7. The number of ether oxygens (including phenoxy) is 2. The van der Waals surface area contributed by atoms with Crippen molar-refractivity contribution in [1.29, 1.82) is 0 Å². The third kappa shape index (κ3) is 3.09. The van der Waals surface area contributed by atoms with Crippen LogP contribution in [0, 0.1) is 5.92 Å². The monoisotopic (exact) mass is 327 g/mol. The molecule has 1 fully saturated rings. The lowest BCUT2D eigenvalue weighted by Gasteiger charge is -2.16. The van der Waals surface area contributed by atoms with Crippen LogP contribution in [0.4, 0.5) is 0 Å². The highest BCUT2D eigenvalue weighted by Crippen LogP contribution is 2.32. The molecule has 6 heteroatoms. The molecule has 1 aliphatic carbocycles. The van der Waals surface area contributed by atoms with Gasteiger partial charge in [0.2, 0.25) is 0 Å². The van der Waals surface area contributed by atoms with Crippen molar-refractivity contribution in [1.82, 2.24) is 14.9 Å². The van der Waals surface area contributed by atoms with E-state index in [0.717, 1.165) is 18.7 Å². The van der Waals surface area contributed by atoms with Crippen molar-refractivity contribution in [3.05, 3.63) is 42.0 Å². The van der Waals surface area contributed by atoms with Crippen molar-refractivity contribution in [3.63, 3.8) is 0 Å². The first-order chi connectivity index (χ1) is 11.7. The van der Waals surface area contributed by atoms with Crippen molar-refractivity contribution in [2.45, 2.75) is 31.8 Å². The Hall–Kier alpha value is -2.50. The summed E-state index contributed by atoms with van der Waals surface area (Å²) in [6.07, 6.45) is 6.88. The number of rotatable bonds is 6. The second-order valence-electron chi connectivity index (χ2n) is 6.53. The van der Waals surface area contributed by atoms with E-state index in [1.165, 1.54) is 12.8 Å². The maximum Gasteiger partial charge on any atom is 0.255 e. The minimum absolute atomic E-state index is 0.0916. The molecule has 4 rings (SSSR count). The largest absolute Gasteiger partial charge is 0.497 e. The number of nitrogens with zero attached hydrogens (tertiary/aromatic N) is 2. The van der Waals surface area contributed by atoms with Gasteiger partial charge in [-0.05, 0) is 30.9 Å². The lowest BCUT2D eigenvalue weighted by atomic mass is 10.1. The zero-order chi connectivity index (χ0) is 16.5. The normalized spacial score (nSPS) is 19.0. The van der Waals surface area contributed by atoms with Gasteiger partial charge in [0.15, 0.2) is 0 Å². The van der Waals surface area contributed by atoms with Gasteiger partial charge in [0.25, 0.3) is 5.91 Å². The van der Waals surface area contributed by atoms with Gasteiger partial charge in [-0.15, -0.1) is 0 Å². The molecule has 1 aliphatic heterocycles. The molecule has 1 aromatic heterocycles. The van der Waals surface area contributed by atoms with Gasteiger partial charge in [-0.2, -0.15) is 0 Å². The quantitative estimate of drug-likeness (QED) is 0.882. The summed E-state index contributed by atoms with van der Waals surface area (Å²) in [5.74, 6) is 1.81. The van der Waals surface area contributed by atoms with E-state index in [1.54, 1.807) is 31.6 Å². The molecular formula is C18H21N3O3. The predicted octanol–water partition coefficient (Wildman–Crippen LogP) is 2.04. The van der Waals surface area contributed by atoms with E-state index in [1.807, 2.05) is 6.20 Å². The molecule has 1 amide bonds. The summed E-state index contributed by atoms with van der Waals surface area (Å²) in [7, 11) is 1.61.